The Kier molecular flexibility index (Phi) is 11.2. The molecule has 0 fully saturated rings. The average molecular weight is 540 g/mol. The summed E-state index contributed by atoms with van der Waals surface area (Å²) in [4.78, 5) is 13.6. The molecule has 38 heavy (non-hydrogen) atoms. The van der Waals surface area contributed by atoms with Gasteiger partial charge in [0, 0.05) is 10.6 Å². The van der Waals surface area contributed by atoms with Crippen molar-refractivity contribution in [1.82, 2.24) is 15.0 Å². The highest BCUT2D eigenvalue weighted by atomic mass is 35.5. The topological polar surface area (TPSA) is 77.2 Å². The van der Waals surface area contributed by atoms with E-state index in [0.717, 1.165) is 80.9 Å². The molecule has 0 aliphatic carbocycles. The van der Waals surface area contributed by atoms with Gasteiger partial charge in [-0.05, 0) is 98.7 Å². The first-order valence-corrected chi connectivity index (χ1v) is 14.4. The molecular weight excluding hydrogens is 498 g/mol. The van der Waals surface area contributed by atoms with Crippen molar-refractivity contribution in [3.63, 3.8) is 0 Å². The van der Waals surface area contributed by atoms with Crippen molar-refractivity contribution in [2.75, 3.05) is 6.61 Å². The first kappa shape index (κ1) is 29.7. The molecule has 0 spiro atoms. The Hall–Kier alpha value is -2.86. The molecule has 0 bridgehead atoms. The van der Waals surface area contributed by atoms with Crippen LogP contribution in [-0.2, 0) is 35.2 Å². The average Bonchev–Trinajstić information content (AvgIpc) is 3.31. The third-order valence-electron chi connectivity index (χ3n) is 6.92. The largest absolute Gasteiger partial charge is 0.505 e. The van der Waals surface area contributed by atoms with E-state index >= 15 is 0 Å². The first-order valence-electron chi connectivity index (χ1n) is 14.1. The molecule has 1 heterocycles. The van der Waals surface area contributed by atoms with Crippen LogP contribution >= 0.6 is 11.6 Å². The number of aromatic hydroxyl groups is 1. The van der Waals surface area contributed by atoms with Gasteiger partial charge in [-0.15, -0.1) is 15.0 Å². The smallest absolute Gasteiger partial charge is 0.333 e. The second-order valence-electron chi connectivity index (χ2n) is 10.1. The van der Waals surface area contributed by atoms with Crippen LogP contribution < -0.4 is 0 Å². The second kappa shape index (κ2) is 14.3. The van der Waals surface area contributed by atoms with Crippen LogP contribution in [0.4, 0.5) is 0 Å². The monoisotopic (exact) mass is 539 g/mol. The molecule has 2 aromatic carbocycles. The van der Waals surface area contributed by atoms with E-state index in [9.17, 15) is 9.90 Å². The molecule has 1 N–H and O–H groups in total. The number of halogens is 1. The van der Waals surface area contributed by atoms with Gasteiger partial charge in [0.25, 0.3) is 0 Å². The van der Waals surface area contributed by atoms with Crippen LogP contribution in [0.5, 0.6) is 5.75 Å². The van der Waals surface area contributed by atoms with Crippen LogP contribution in [0.3, 0.4) is 0 Å². The summed E-state index contributed by atoms with van der Waals surface area (Å²) < 4.78 is 5.42. The minimum atomic E-state index is -0.358. The molecule has 6 nitrogen and oxygen atoms in total. The zero-order valence-electron chi connectivity index (χ0n) is 23.4. The third kappa shape index (κ3) is 7.16. The van der Waals surface area contributed by atoms with Crippen molar-refractivity contribution < 1.29 is 14.6 Å². The molecule has 0 aliphatic heterocycles. The number of nitrogens with zero attached hydrogens (tertiary/aromatic N) is 3. The standard InChI is InChI=1S/C31H42ClN3O3/c1-6-9-13-24-23(16-12-19-38-31(37)21(4)5)25(14-10-7-2)29(30(36)26(24)15-11-8-3)35-33-27-18-17-22(32)20-28(27)34-35/h17-18,20,36H,4,6-16,19H2,1-3,5H3. The summed E-state index contributed by atoms with van der Waals surface area (Å²) >= 11 is 6.23. The minimum Gasteiger partial charge on any atom is -0.505 e. The number of carbonyl (C=O) groups is 1. The summed E-state index contributed by atoms with van der Waals surface area (Å²) in [5, 5.41) is 21.9. The van der Waals surface area contributed by atoms with Crippen LogP contribution in [0.1, 0.15) is 94.9 Å². The summed E-state index contributed by atoms with van der Waals surface area (Å²) in [5.41, 5.74) is 7.09. The Morgan fingerprint density at radius 2 is 1.45 bits per heavy atom. The van der Waals surface area contributed by atoms with E-state index in [1.807, 2.05) is 6.07 Å². The number of phenols is 1. The first-order chi connectivity index (χ1) is 18.3. The molecule has 1 aromatic heterocycles. The zero-order valence-corrected chi connectivity index (χ0v) is 24.2. The van der Waals surface area contributed by atoms with E-state index in [4.69, 9.17) is 26.5 Å². The number of benzene rings is 2. The summed E-state index contributed by atoms with van der Waals surface area (Å²) in [6, 6.07) is 5.46. The van der Waals surface area contributed by atoms with Crippen LogP contribution in [0.15, 0.2) is 30.4 Å². The zero-order chi connectivity index (χ0) is 27.7. The van der Waals surface area contributed by atoms with Gasteiger partial charge in [-0.25, -0.2) is 4.79 Å². The van der Waals surface area contributed by atoms with Crippen LogP contribution in [0.25, 0.3) is 16.7 Å². The maximum absolute atomic E-state index is 12.0. The molecule has 0 radical (unpaired) electrons. The lowest BCUT2D eigenvalue weighted by Crippen LogP contribution is -2.14. The van der Waals surface area contributed by atoms with Gasteiger partial charge < -0.3 is 9.84 Å². The normalized spacial score (nSPS) is 11.3. The summed E-state index contributed by atoms with van der Waals surface area (Å²) in [6.07, 6.45) is 10.1. The molecule has 7 heteroatoms. The number of phenolic OH excluding ortho intramolecular Hbond substituents is 1. The number of ether oxygens (including phenoxy) is 1. The van der Waals surface area contributed by atoms with Crippen molar-refractivity contribution in [1.29, 1.82) is 0 Å². The summed E-state index contributed by atoms with van der Waals surface area (Å²) in [6.45, 7) is 12.2. The Morgan fingerprint density at radius 3 is 2.08 bits per heavy atom. The molecule has 3 aromatic rings. The fraction of sp³-hybridized carbons (Fsp3) is 0.516. The number of unbranched alkanes of at least 4 members (excludes halogenated alkanes) is 3. The molecule has 0 amide bonds. The van der Waals surface area contributed by atoms with E-state index in [-0.39, 0.29) is 5.97 Å². The number of carbonyl (C=O) groups excluding carboxylic acids is 1. The quantitative estimate of drug-likeness (QED) is 0.121. The fourth-order valence-corrected chi connectivity index (χ4v) is 5.05. The lowest BCUT2D eigenvalue weighted by molar-refractivity contribution is -0.139. The second-order valence-corrected chi connectivity index (χ2v) is 10.5. The highest BCUT2D eigenvalue weighted by Crippen LogP contribution is 2.39. The maximum Gasteiger partial charge on any atom is 0.333 e. The van der Waals surface area contributed by atoms with Gasteiger partial charge >= 0.3 is 5.97 Å². The number of fused-ring (bicyclic) bond motifs is 1. The van der Waals surface area contributed by atoms with Crippen molar-refractivity contribution >= 4 is 28.6 Å². The molecule has 206 valence electrons. The van der Waals surface area contributed by atoms with Gasteiger partial charge in [0.1, 0.15) is 22.5 Å². The Labute approximate surface area is 232 Å². The lowest BCUT2D eigenvalue weighted by atomic mass is 9.84. The van der Waals surface area contributed by atoms with Gasteiger partial charge in [0.05, 0.1) is 6.61 Å². The van der Waals surface area contributed by atoms with Gasteiger partial charge in [0.2, 0.25) is 0 Å². The van der Waals surface area contributed by atoms with Gasteiger partial charge in [0.15, 0.2) is 0 Å². The minimum absolute atomic E-state index is 0.291. The van der Waals surface area contributed by atoms with Crippen LogP contribution in [0.2, 0.25) is 5.02 Å². The molecule has 3 rings (SSSR count). The van der Waals surface area contributed by atoms with Crippen molar-refractivity contribution in [3.8, 4) is 11.4 Å². The molecular formula is C31H42ClN3O3. The van der Waals surface area contributed by atoms with E-state index < -0.39 is 0 Å². The summed E-state index contributed by atoms with van der Waals surface area (Å²) in [5.74, 6) is -0.0666. The third-order valence-corrected chi connectivity index (χ3v) is 7.16. The number of rotatable bonds is 15. The van der Waals surface area contributed by atoms with Gasteiger partial charge in [-0.3, -0.25) is 0 Å². The number of hydrogen-bond acceptors (Lipinski definition) is 5. The van der Waals surface area contributed by atoms with Crippen molar-refractivity contribution in [2.45, 2.75) is 98.3 Å². The molecule has 0 saturated heterocycles. The number of aromatic nitrogens is 3. The fourth-order valence-electron chi connectivity index (χ4n) is 4.88. The molecule has 0 unspecified atom stereocenters. The van der Waals surface area contributed by atoms with E-state index in [0.29, 0.717) is 40.6 Å². The van der Waals surface area contributed by atoms with E-state index in [2.05, 4.69) is 27.4 Å². The summed E-state index contributed by atoms with van der Waals surface area (Å²) in [7, 11) is 0. The molecule has 0 saturated carbocycles. The predicted molar refractivity (Wildman–Crippen MR) is 155 cm³/mol. The highest BCUT2D eigenvalue weighted by molar-refractivity contribution is 6.31. The SMILES string of the molecule is C=C(C)C(=O)OCCCc1c(CCCC)c(CCCC)c(O)c(-n2nc3ccc(Cl)cc3n2)c1CCCC. The lowest BCUT2D eigenvalue weighted by Gasteiger charge is -2.24. The van der Waals surface area contributed by atoms with Crippen molar-refractivity contribution in [2.24, 2.45) is 0 Å². The van der Waals surface area contributed by atoms with Gasteiger partial charge in [-0.1, -0.05) is 58.2 Å². The molecule has 0 atom stereocenters. The maximum atomic E-state index is 12.0. The van der Waals surface area contributed by atoms with Gasteiger partial charge in [-0.2, -0.15) is 0 Å². The number of hydrogen-bond donors (Lipinski definition) is 1. The van der Waals surface area contributed by atoms with Crippen molar-refractivity contribution in [3.05, 3.63) is 57.6 Å². The highest BCUT2D eigenvalue weighted by Gasteiger charge is 2.25. The Morgan fingerprint density at radius 1 is 0.895 bits per heavy atom. The Balaban J connectivity index is 2.20. The number of esters is 1. The van der Waals surface area contributed by atoms with E-state index in [1.54, 1.807) is 23.9 Å². The van der Waals surface area contributed by atoms with E-state index in [1.165, 1.54) is 11.1 Å². The van der Waals surface area contributed by atoms with Crippen LogP contribution in [-0.4, -0.2) is 32.7 Å². The van der Waals surface area contributed by atoms with Crippen LogP contribution in [0, 0.1) is 0 Å². The molecule has 0 aliphatic rings. The Bertz CT molecular complexity index is 1270. The predicted octanol–water partition coefficient (Wildman–Crippen LogP) is 7.86.